The Bertz CT molecular complexity index is 3010. The molecule has 9 aromatic carbocycles. The van der Waals surface area contributed by atoms with Crippen molar-refractivity contribution in [1.82, 2.24) is 0 Å². The number of hydrogen-bond acceptors (Lipinski definition) is 2. The van der Waals surface area contributed by atoms with Crippen LogP contribution < -0.4 is 4.90 Å². The van der Waals surface area contributed by atoms with Crippen molar-refractivity contribution in [3.8, 4) is 61.7 Å². The van der Waals surface area contributed by atoms with E-state index in [2.05, 4.69) is 189 Å². The Morgan fingerprint density at radius 2 is 0.927 bits per heavy atom. The van der Waals surface area contributed by atoms with Crippen molar-refractivity contribution in [1.29, 1.82) is 5.26 Å². The molecule has 0 amide bonds. The van der Waals surface area contributed by atoms with Crippen LogP contribution in [-0.2, 0) is 0 Å². The van der Waals surface area contributed by atoms with Crippen molar-refractivity contribution in [3.63, 3.8) is 0 Å². The van der Waals surface area contributed by atoms with Crippen LogP contribution in [0.2, 0.25) is 0 Å². The van der Waals surface area contributed by atoms with E-state index in [-0.39, 0.29) is 0 Å². The Labute approximate surface area is 321 Å². The highest BCUT2D eigenvalue weighted by Crippen LogP contribution is 2.58. The fraction of sp³-hybridized carbons (Fsp3) is 0.0377. The van der Waals surface area contributed by atoms with Gasteiger partial charge in [-0.05, 0) is 145 Å². The third kappa shape index (κ3) is 5.32. The van der Waals surface area contributed by atoms with Crippen LogP contribution in [0, 0.1) is 25.2 Å². The van der Waals surface area contributed by atoms with E-state index in [4.69, 9.17) is 0 Å². The lowest BCUT2D eigenvalue weighted by Crippen LogP contribution is -2.10. The van der Waals surface area contributed by atoms with Crippen LogP contribution in [-0.4, -0.2) is 0 Å². The van der Waals surface area contributed by atoms with Gasteiger partial charge in [-0.15, -0.1) is 0 Å². The molecule has 2 heteroatoms. The predicted molar refractivity (Wildman–Crippen MR) is 231 cm³/mol. The van der Waals surface area contributed by atoms with Crippen molar-refractivity contribution in [3.05, 3.63) is 199 Å². The van der Waals surface area contributed by atoms with Crippen LogP contribution in [0.3, 0.4) is 0 Å². The average Bonchev–Trinajstić information content (AvgIpc) is 3.54. The minimum Gasteiger partial charge on any atom is -0.310 e. The Morgan fingerprint density at radius 3 is 1.58 bits per heavy atom. The van der Waals surface area contributed by atoms with E-state index in [1.165, 1.54) is 82.7 Å². The Kier molecular flexibility index (Phi) is 7.68. The number of fused-ring (bicyclic) bond motifs is 4. The Balaban J connectivity index is 1.25. The van der Waals surface area contributed by atoms with Gasteiger partial charge in [-0.2, -0.15) is 5.26 Å². The molecule has 1 aliphatic rings. The summed E-state index contributed by atoms with van der Waals surface area (Å²) in [7, 11) is 0. The van der Waals surface area contributed by atoms with Crippen LogP contribution in [0.15, 0.2) is 182 Å². The van der Waals surface area contributed by atoms with E-state index < -0.39 is 0 Å². The second-order valence-electron chi connectivity index (χ2n) is 14.6. The normalized spacial score (nSPS) is 11.4. The summed E-state index contributed by atoms with van der Waals surface area (Å²) in [6.07, 6.45) is 0. The third-order valence-electron chi connectivity index (χ3n) is 11.0. The summed E-state index contributed by atoms with van der Waals surface area (Å²) in [5.41, 5.74) is 18.6. The van der Waals surface area contributed by atoms with Gasteiger partial charge in [0.05, 0.1) is 11.6 Å². The fourth-order valence-electron chi connectivity index (χ4n) is 8.81. The largest absolute Gasteiger partial charge is 0.310 e. The van der Waals surface area contributed by atoms with Crippen molar-refractivity contribution in [2.45, 2.75) is 13.8 Å². The van der Waals surface area contributed by atoms with Crippen molar-refractivity contribution in [2.75, 3.05) is 4.90 Å². The van der Waals surface area contributed by atoms with E-state index in [1.807, 2.05) is 18.2 Å². The number of anilines is 3. The Hall–Kier alpha value is -7.21. The summed E-state index contributed by atoms with van der Waals surface area (Å²) in [6.45, 7) is 4.34. The SMILES string of the molecule is Cc1cccc(N(c2cccc(C#N)c2)c2cccc(-c3ccc4c5c(cc(C)cc35)-c3c-4c(-c4ccccc4)c4ccccc4c3-c3ccccc3)c2)c1. The molecule has 0 radical (unpaired) electrons. The molecule has 258 valence electrons. The van der Waals surface area contributed by atoms with Crippen LogP contribution in [0.1, 0.15) is 16.7 Å². The number of nitrogens with zero attached hydrogens (tertiary/aromatic N) is 2. The zero-order valence-electron chi connectivity index (χ0n) is 30.7. The highest BCUT2D eigenvalue weighted by Gasteiger charge is 2.31. The molecule has 0 atom stereocenters. The summed E-state index contributed by atoms with van der Waals surface area (Å²) < 4.78 is 0. The molecule has 0 bridgehead atoms. The molecule has 10 rings (SSSR count). The van der Waals surface area contributed by atoms with Gasteiger partial charge in [0.15, 0.2) is 0 Å². The number of aryl methyl sites for hydroxylation is 2. The monoisotopic (exact) mass is 700 g/mol. The Morgan fingerprint density at radius 1 is 0.382 bits per heavy atom. The molecule has 0 fully saturated rings. The lowest BCUT2D eigenvalue weighted by Gasteiger charge is -2.26. The molecule has 0 aliphatic heterocycles. The molecule has 0 spiro atoms. The maximum atomic E-state index is 9.81. The van der Waals surface area contributed by atoms with Crippen LogP contribution in [0.4, 0.5) is 17.1 Å². The number of hydrogen-bond donors (Lipinski definition) is 0. The zero-order chi connectivity index (χ0) is 37.0. The molecule has 0 unspecified atom stereocenters. The molecule has 0 heterocycles. The maximum Gasteiger partial charge on any atom is 0.0992 e. The first-order valence-corrected chi connectivity index (χ1v) is 18.8. The highest BCUT2D eigenvalue weighted by molar-refractivity contribution is 6.29. The summed E-state index contributed by atoms with van der Waals surface area (Å²) in [5, 5.41) is 14.9. The fourth-order valence-corrected chi connectivity index (χ4v) is 8.81. The summed E-state index contributed by atoms with van der Waals surface area (Å²) in [4.78, 5) is 2.25. The summed E-state index contributed by atoms with van der Waals surface area (Å²) in [5.74, 6) is 0. The molecule has 0 aromatic heterocycles. The van der Waals surface area contributed by atoms with Crippen molar-refractivity contribution < 1.29 is 0 Å². The minimum atomic E-state index is 0.631. The molecule has 0 saturated heterocycles. The van der Waals surface area contributed by atoms with Gasteiger partial charge in [-0.25, -0.2) is 0 Å². The first-order valence-electron chi connectivity index (χ1n) is 18.8. The second kappa shape index (κ2) is 13.0. The predicted octanol–water partition coefficient (Wildman–Crippen LogP) is 14.6. The smallest absolute Gasteiger partial charge is 0.0992 e. The average molecular weight is 701 g/mol. The minimum absolute atomic E-state index is 0.631. The number of nitriles is 1. The molecule has 0 saturated carbocycles. The molecule has 2 nitrogen and oxygen atoms in total. The molecule has 55 heavy (non-hydrogen) atoms. The van der Waals surface area contributed by atoms with E-state index in [1.54, 1.807) is 0 Å². The van der Waals surface area contributed by atoms with Crippen LogP contribution in [0.5, 0.6) is 0 Å². The summed E-state index contributed by atoms with van der Waals surface area (Å²) >= 11 is 0. The highest BCUT2D eigenvalue weighted by atomic mass is 15.1. The molecule has 1 aliphatic carbocycles. The zero-order valence-corrected chi connectivity index (χ0v) is 30.7. The van der Waals surface area contributed by atoms with Crippen LogP contribution >= 0.6 is 0 Å². The van der Waals surface area contributed by atoms with Gasteiger partial charge in [-0.1, -0.05) is 140 Å². The van der Waals surface area contributed by atoms with Crippen molar-refractivity contribution >= 4 is 38.6 Å². The van der Waals surface area contributed by atoms with Gasteiger partial charge in [-0.3, -0.25) is 0 Å². The maximum absolute atomic E-state index is 9.81. The topological polar surface area (TPSA) is 27.0 Å². The van der Waals surface area contributed by atoms with E-state index >= 15 is 0 Å². The first kappa shape index (κ1) is 32.4. The molecular formula is C53H36N2. The molecule has 9 aromatic rings. The van der Waals surface area contributed by atoms with Gasteiger partial charge < -0.3 is 4.90 Å². The number of rotatable bonds is 6. The van der Waals surface area contributed by atoms with Gasteiger partial charge >= 0.3 is 0 Å². The van der Waals surface area contributed by atoms with E-state index in [0.717, 1.165) is 22.6 Å². The first-order chi connectivity index (χ1) is 27.1. The van der Waals surface area contributed by atoms with Gasteiger partial charge in [0, 0.05) is 17.1 Å². The summed E-state index contributed by atoms with van der Waals surface area (Å²) in [6, 6.07) is 67.8. The third-order valence-corrected chi connectivity index (χ3v) is 11.0. The quantitative estimate of drug-likeness (QED) is 0.173. The van der Waals surface area contributed by atoms with Crippen molar-refractivity contribution in [2.24, 2.45) is 0 Å². The van der Waals surface area contributed by atoms with Crippen LogP contribution in [0.25, 0.3) is 77.2 Å². The molecular weight excluding hydrogens is 665 g/mol. The molecule has 0 N–H and O–H groups in total. The van der Waals surface area contributed by atoms with Gasteiger partial charge in [0.25, 0.3) is 0 Å². The number of benzene rings is 9. The lowest BCUT2D eigenvalue weighted by molar-refractivity contribution is 1.27. The van der Waals surface area contributed by atoms with Gasteiger partial charge in [0.2, 0.25) is 0 Å². The van der Waals surface area contributed by atoms with E-state index in [9.17, 15) is 5.26 Å². The second-order valence-corrected chi connectivity index (χ2v) is 14.6. The van der Waals surface area contributed by atoms with Gasteiger partial charge in [0.1, 0.15) is 0 Å². The van der Waals surface area contributed by atoms with E-state index in [0.29, 0.717) is 5.56 Å². The standard InChI is InChI=1S/C53H36N2/c1-34-14-11-21-40(28-34)55(41-22-12-15-36(31-41)33-54)42-23-13-20-39(32-42)43-26-27-46-51-47(43)29-35(2)30-48(51)53-50(38-18-7-4-8-19-38)45-25-10-9-24-44(45)49(52(46)53)37-16-5-3-6-17-37/h3-32H,1-2H3. The lowest BCUT2D eigenvalue weighted by atomic mass is 9.82.